The first-order valence-corrected chi connectivity index (χ1v) is 7.86. The second-order valence-electron chi connectivity index (χ2n) is 5.40. The molecule has 2 nitrogen and oxygen atoms in total. The van der Waals surface area contributed by atoms with Gasteiger partial charge in [0.05, 0.1) is 5.71 Å². The monoisotopic (exact) mass is 272 g/mol. The number of hydrogen-bond acceptors (Lipinski definition) is 2. The molecular weight excluding hydrogens is 244 g/mol. The molecule has 0 atom stereocenters. The maximum Gasteiger partial charge on any atom is 0.0793 e. The number of nitrogens with one attached hydrogen (secondary N) is 2. The van der Waals surface area contributed by atoms with Crippen LogP contribution in [0.3, 0.4) is 0 Å². The Labute approximate surface area is 123 Å². The van der Waals surface area contributed by atoms with Gasteiger partial charge in [-0.05, 0) is 48.6 Å². The minimum absolute atomic E-state index is 0.356. The molecule has 0 fully saturated rings. The molecule has 2 heteroatoms. The third-order valence-corrected chi connectivity index (χ3v) is 4.39. The van der Waals surface area contributed by atoms with Crippen LogP contribution in [0.4, 0.5) is 0 Å². The van der Waals surface area contributed by atoms with Crippen molar-refractivity contribution in [2.45, 2.75) is 65.2 Å². The quantitative estimate of drug-likeness (QED) is 0.586. The second kappa shape index (κ2) is 7.98. The van der Waals surface area contributed by atoms with Crippen molar-refractivity contribution in [3.8, 4) is 0 Å². The van der Waals surface area contributed by atoms with Gasteiger partial charge in [-0.15, -0.1) is 0 Å². The van der Waals surface area contributed by atoms with Crippen LogP contribution >= 0.6 is 0 Å². The summed E-state index contributed by atoms with van der Waals surface area (Å²) in [6.45, 7) is 8.82. The van der Waals surface area contributed by atoms with E-state index < -0.39 is 0 Å². The van der Waals surface area contributed by atoms with E-state index in [1.165, 1.54) is 17.3 Å². The van der Waals surface area contributed by atoms with E-state index in [0.29, 0.717) is 17.5 Å². The molecule has 0 bridgehead atoms. The highest BCUT2D eigenvalue weighted by atomic mass is 14.5. The fraction of sp³-hybridized carbons (Fsp3) is 0.556. The van der Waals surface area contributed by atoms with Crippen molar-refractivity contribution < 1.29 is 0 Å². The van der Waals surface area contributed by atoms with Gasteiger partial charge in [0, 0.05) is 11.8 Å². The van der Waals surface area contributed by atoms with Crippen molar-refractivity contribution in [1.29, 1.82) is 10.8 Å². The molecule has 0 amide bonds. The van der Waals surface area contributed by atoms with Gasteiger partial charge in [-0.25, -0.2) is 0 Å². The molecule has 0 spiro atoms. The summed E-state index contributed by atoms with van der Waals surface area (Å²) in [7, 11) is 0. The zero-order valence-corrected chi connectivity index (χ0v) is 13.3. The molecule has 0 aliphatic rings. The summed E-state index contributed by atoms with van der Waals surface area (Å²) in [4.78, 5) is 0. The van der Waals surface area contributed by atoms with E-state index >= 15 is 0 Å². The minimum Gasteiger partial charge on any atom is -0.307 e. The van der Waals surface area contributed by atoms with Crippen LogP contribution in [-0.2, 0) is 0 Å². The van der Waals surface area contributed by atoms with E-state index in [2.05, 4.69) is 45.9 Å². The molecule has 0 heterocycles. The van der Waals surface area contributed by atoms with Crippen molar-refractivity contribution in [3.63, 3.8) is 0 Å². The highest BCUT2D eigenvalue weighted by Crippen LogP contribution is 2.33. The maximum absolute atomic E-state index is 8.20. The summed E-state index contributed by atoms with van der Waals surface area (Å²) >= 11 is 0. The fourth-order valence-corrected chi connectivity index (χ4v) is 3.11. The van der Waals surface area contributed by atoms with Gasteiger partial charge in [-0.2, -0.15) is 0 Å². The van der Waals surface area contributed by atoms with E-state index in [0.717, 1.165) is 31.2 Å². The van der Waals surface area contributed by atoms with Crippen LogP contribution in [0.1, 0.15) is 81.9 Å². The van der Waals surface area contributed by atoms with Gasteiger partial charge in [0.25, 0.3) is 0 Å². The van der Waals surface area contributed by atoms with Crippen molar-refractivity contribution >= 4 is 11.9 Å². The Morgan fingerprint density at radius 3 is 1.65 bits per heavy atom. The minimum atomic E-state index is 0.356. The first-order valence-electron chi connectivity index (χ1n) is 7.86. The van der Waals surface area contributed by atoms with E-state index in [9.17, 15) is 0 Å². The van der Waals surface area contributed by atoms with Crippen LogP contribution in [0.2, 0.25) is 0 Å². The lowest BCUT2D eigenvalue weighted by atomic mass is 9.81. The Balaban J connectivity index is 3.48. The summed E-state index contributed by atoms with van der Waals surface area (Å²) in [5.41, 5.74) is 3.89. The van der Waals surface area contributed by atoms with E-state index in [-0.39, 0.29) is 0 Å². The summed E-state index contributed by atoms with van der Waals surface area (Å²) in [6.07, 6.45) is 5.53. The molecule has 0 unspecified atom stereocenters. The SMILES string of the molecule is CCC(CC)c1cccc(C(CC)CC)c1C(=N)C=N. The molecule has 0 saturated carbocycles. The molecule has 1 aromatic rings. The van der Waals surface area contributed by atoms with Crippen LogP contribution in [0.5, 0.6) is 0 Å². The van der Waals surface area contributed by atoms with Crippen molar-refractivity contribution in [1.82, 2.24) is 0 Å². The van der Waals surface area contributed by atoms with Crippen LogP contribution in [-0.4, -0.2) is 11.9 Å². The predicted octanol–water partition coefficient (Wildman–Crippen LogP) is 5.51. The van der Waals surface area contributed by atoms with E-state index in [1.54, 1.807) is 0 Å². The Morgan fingerprint density at radius 1 is 0.950 bits per heavy atom. The van der Waals surface area contributed by atoms with Gasteiger partial charge in [0.1, 0.15) is 0 Å². The van der Waals surface area contributed by atoms with Gasteiger partial charge < -0.3 is 5.41 Å². The highest BCUT2D eigenvalue weighted by Gasteiger charge is 2.20. The number of rotatable bonds is 8. The van der Waals surface area contributed by atoms with Crippen LogP contribution in [0.15, 0.2) is 18.2 Å². The summed E-state index contributed by atoms with van der Waals surface area (Å²) in [6, 6.07) is 6.43. The van der Waals surface area contributed by atoms with Crippen LogP contribution in [0, 0.1) is 10.8 Å². The van der Waals surface area contributed by atoms with Gasteiger partial charge >= 0.3 is 0 Å². The maximum atomic E-state index is 8.20. The first kappa shape index (κ1) is 16.6. The molecule has 1 aromatic carbocycles. The van der Waals surface area contributed by atoms with Crippen molar-refractivity contribution in [2.75, 3.05) is 0 Å². The fourth-order valence-electron chi connectivity index (χ4n) is 3.11. The lowest BCUT2D eigenvalue weighted by molar-refractivity contribution is 0.622. The average Bonchev–Trinajstić information content (AvgIpc) is 2.49. The summed E-state index contributed by atoms with van der Waals surface area (Å²) in [5, 5.41) is 15.7. The Hall–Kier alpha value is -1.44. The number of benzene rings is 1. The molecule has 0 aliphatic heterocycles. The molecule has 0 saturated heterocycles. The standard InChI is InChI=1S/C18H28N2/c1-5-13(6-2)15-10-9-11-16(14(7-3)8-4)18(15)17(20)12-19/h9-14,19-20H,5-8H2,1-4H3. The van der Waals surface area contributed by atoms with Crippen molar-refractivity contribution in [3.05, 3.63) is 34.9 Å². The molecule has 0 aliphatic carbocycles. The van der Waals surface area contributed by atoms with Gasteiger partial charge in [0.15, 0.2) is 0 Å². The molecule has 0 radical (unpaired) electrons. The first-order chi connectivity index (χ1) is 9.64. The van der Waals surface area contributed by atoms with Crippen molar-refractivity contribution in [2.24, 2.45) is 0 Å². The molecule has 1 rings (SSSR count). The average molecular weight is 272 g/mol. The third-order valence-electron chi connectivity index (χ3n) is 4.39. The van der Waals surface area contributed by atoms with Crippen LogP contribution in [0.25, 0.3) is 0 Å². The number of hydrogen-bond donors (Lipinski definition) is 2. The highest BCUT2D eigenvalue weighted by molar-refractivity contribution is 6.36. The Kier molecular flexibility index (Phi) is 6.63. The largest absolute Gasteiger partial charge is 0.307 e. The molecule has 110 valence electrons. The Morgan fingerprint density at radius 2 is 1.35 bits per heavy atom. The molecular formula is C18H28N2. The zero-order chi connectivity index (χ0) is 15.1. The lowest BCUT2D eigenvalue weighted by Crippen LogP contribution is -2.14. The van der Waals surface area contributed by atoms with Gasteiger partial charge in [-0.1, -0.05) is 45.9 Å². The van der Waals surface area contributed by atoms with Gasteiger partial charge in [0.2, 0.25) is 0 Å². The van der Waals surface area contributed by atoms with E-state index in [4.69, 9.17) is 10.8 Å². The predicted molar refractivity (Wildman–Crippen MR) is 88.7 cm³/mol. The van der Waals surface area contributed by atoms with Gasteiger partial charge in [-0.3, -0.25) is 5.41 Å². The summed E-state index contributed by atoms with van der Waals surface area (Å²) in [5.74, 6) is 0.972. The van der Waals surface area contributed by atoms with Crippen LogP contribution < -0.4 is 0 Å². The topological polar surface area (TPSA) is 47.7 Å². The molecule has 2 N–H and O–H groups in total. The normalized spacial score (nSPS) is 11.1. The summed E-state index contributed by atoms with van der Waals surface area (Å²) < 4.78 is 0. The zero-order valence-electron chi connectivity index (χ0n) is 13.3. The Bertz CT molecular complexity index is 424. The second-order valence-corrected chi connectivity index (χ2v) is 5.40. The third kappa shape index (κ3) is 3.36. The molecule has 0 aromatic heterocycles. The molecule has 20 heavy (non-hydrogen) atoms. The smallest absolute Gasteiger partial charge is 0.0793 e. The lowest BCUT2D eigenvalue weighted by Gasteiger charge is -2.23. The van der Waals surface area contributed by atoms with E-state index in [1.807, 2.05) is 0 Å².